The third-order valence-corrected chi connectivity index (χ3v) is 11.7. The number of hydrogen-bond donors (Lipinski definition) is 4. The van der Waals surface area contributed by atoms with Crippen molar-refractivity contribution in [2.24, 2.45) is 40.4 Å². The maximum atomic E-state index is 12.7. The normalized spacial score (nSPS) is 44.4. The zero-order chi connectivity index (χ0) is 32.4. The molecule has 5 fully saturated rings. The summed E-state index contributed by atoms with van der Waals surface area (Å²) >= 11 is 0. The average Bonchev–Trinajstić information content (AvgIpc) is 3.09. The summed E-state index contributed by atoms with van der Waals surface area (Å²) < 4.78 is 57.2. The average molecular weight is 685 g/mol. The smallest absolute Gasteiger partial charge is 0.726 e. The minimum atomic E-state index is -5.41. The van der Waals surface area contributed by atoms with E-state index in [2.05, 4.69) is 17.7 Å². The molecule has 13 nitrogen and oxygen atoms in total. The number of rotatable bonds is 9. The second-order valence-electron chi connectivity index (χ2n) is 14.3. The first-order valence-corrected chi connectivity index (χ1v) is 16.9. The first-order valence-electron chi connectivity index (χ1n) is 15.5. The molecule has 4 aliphatic carbocycles. The standard InChI is InChI=1S/C30H46O13S.K/c1-14(2)9-22(32)42-25-24(43-44(37,38)39)23(33)20(13-31)41-28(25)40-17-10-18(27(35)36)19-7-8-30-11-16(15(3)26(30)34)5-6-21(30)29(19,4)12-17;/h14,16-21,23-26,28,31,33-34H,3,5-13H2,1-2,4H3,(H,35,36)(H,37,38,39);/q;+1/p-1/t16-,17-,18-,19-,20-,21+,23-,24+,25-,26+,28-,29-,30-;/m1./s1. The molecule has 0 aromatic carbocycles. The van der Waals surface area contributed by atoms with Gasteiger partial charge in [-0.25, -0.2) is 8.42 Å². The van der Waals surface area contributed by atoms with Crippen LogP contribution in [0.3, 0.4) is 0 Å². The molecule has 5 rings (SSSR count). The molecular formula is C30H45KO13S. The quantitative estimate of drug-likeness (QED) is 0.0545. The molecule has 1 saturated heterocycles. The number of esters is 1. The van der Waals surface area contributed by atoms with Crippen molar-refractivity contribution in [3.63, 3.8) is 0 Å². The first kappa shape index (κ1) is 37.8. The number of fused-ring (bicyclic) bond motifs is 3. The Morgan fingerprint density at radius 2 is 1.84 bits per heavy atom. The fourth-order valence-electron chi connectivity index (χ4n) is 9.58. The number of carboxylic acids is 1. The van der Waals surface area contributed by atoms with E-state index >= 15 is 0 Å². The zero-order valence-corrected chi connectivity index (χ0v) is 30.3. The Kier molecular flexibility index (Phi) is 11.8. The number of carbonyl (C=O) groups is 2. The first-order chi connectivity index (χ1) is 20.5. The van der Waals surface area contributed by atoms with Crippen LogP contribution in [0.4, 0.5) is 0 Å². The summed E-state index contributed by atoms with van der Waals surface area (Å²) in [5.74, 6) is -2.67. The molecule has 0 radical (unpaired) electrons. The Labute approximate surface area is 306 Å². The molecular weight excluding hydrogens is 639 g/mol. The molecule has 0 amide bonds. The molecule has 2 bridgehead atoms. The minimum absolute atomic E-state index is 0. The summed E-state index contributed by atoms with van der Waals surface area (Å²) in [6.45, 7) is 8.95. The summed E-state index contributed by atoms with van der Waals surface area (Å²) in [5, 5.41) is 42.4. The molecule has 250 valence electrons. The van der Waals surface area contributed by atoms with Crippen molar-refractivity contribution in [2.45, 2.75) is 115 Å². The molecule has 4 N–H and O–H groups in total. The van der Waals surface area contributed by atoms with Crippen LogP contribution in [0.1, 0.15) is 72.1 Å². The van der Waals surface area contributed by atoms with Crippen LogP contribution in [0.2, 0.25) is 0 Å². The number of aliphatic hydroxyl groups is 3. The summed E-state index contributed by atoms with van der Waals surface area (Å²) in [5.41, 5.74) is -0.119. The van der Waals surface area contributed by atoms with Gasteiger partial charge in [-0.1, -0.05) is 27.4 Å². The Morgan fingerprint density at radius 1 is 1.16 bits per heavy atom. The van der Waals surface area contributed by atoms with Crippen molar-refractivity contribution in [1.82, 2.24) is 0 Å². The fraction of sp³-hybridized carbons (Fsp3) is 0.867. The maximum absolute atomic E-state index is 12.7. The van der Waals surface area contributed by atoms with Gasteiger partial charge in [0.05, 0.1) is 24.7 Å². The van der Waals surface area contributed by atoms with E-state index in [1.54, 1.807) is 13.8 Å². The molecule has 45 heavy (non-hydrogen) atoms. The largest absolute Gasteiger partial charge is 1.00 e. The molecule has 0 unspecified atom stereocenters. The number of carboxylic acid groups (broad SMARTS) is 1. The third kappa shape index (κ3) is 7.17. The number of carbonyl (C=O) groups excluding carboxylic acids is 1. The van der Waals surface area contributed by atoms with Gasteiger partial charge < -0.3 is 39.2 Å². The molecule has 15 heteroatoms. The van der Waals surface area contributed by atoms with Crippen LogP contribution < -0.4 is 51.4 Å². The Balaban J connectivity index is 0.00000461. The van der Waals surface area contributed by atoms with E-state index in [0.717, 1.165) is 24.8 Å². The van der Waals surface area contributed by atoms with Crippen LogP contribution in [0.25, 0.3) is 0 Å². The number of ether oxygens (including phenoxy) is 3. The van der Waals surface area contributed by atoms with Gasteiger partial charge in [-0.05, 0) is 79.6 Å². The third-order valence-electron chi connectivity index (χ3n) is 11.3. The predicted octanol–water partition coefficient (Wildman–Crippen LogP) is -1.50. The Morgan fingerprint density at radius 3 is 2.44 bits per heavy atom. The topological polar surface area (TPSA) is 209 Å². The number of hydrogen-bond acceptors (Lipinski definition) is 12. The zero-order valence-electron chi connectivity index (χ0n) is 26.4. The molecule has 1 spiro atoms. The summed E-state index contributed by atoms with van der Waals surface area (Å²) in [4.78, 5) is 25.4. The van der Waals surface area contributed by atoms with Crippen LogP contribution in [0.5, 0.6) is 0 Å². The molecule has 13 atom stereocenters. The monoisotopic (exact) mass is 684 g/mol. The van der Waals surface area contributed by atoms with Crippen molar-refractivity contribution in [3.8, 4) is 0 Å². The second kappa shape index (κ2) is 14.1. The van der Waals surface area contributed by atoms with E-state index in [9.17, 15) is 43.0 Å². The minimum Gasteiger partial charge on any atom is -0.726 e. The molecule has 1 heterocycles. The van der Waals surface area contributed by atoms with E-state index in [4.69, 9.17) is 14.2 Å². The number of aliphatic hydroxyl groups excluding tert-OH is 3. The molecule has 0 aromatic heterocycles. The summed E-state index contributed by atoms with van der Waals surface area (Å²) in [6.07, 6.45) is -5.87. The van der Waals surface area contributed by atoms with Gasteiger partial charge in [0, 0.05) is 11.8 Å². The van der Waals surface area contributed by atoms with Crippen molar-refractivity contribution >= 4 is 22.3 Å². The van der Waals surface area contributed by atoms with Gasteiger partial charge in [-0.3, -0.25) is 13.8 Å². The van der Waals surface area contributed by atoms with Crippen molar-refractivity contribution in [1.29, 1.82) is 0 Å². The summed E-state index contributed by atoms with van der Waals surface area (Å²) in [7, 11) is -5.41. The van der Waals surface area contributed by atoms with E-state index in [1.165, 1.54) is 0 Å². The molecule has 0 aromatic rings. The van der Waals surface area contributed by atoms with Gasteiger partial charge >= 0.3 is 63.3 Å². The van der Waals surface area contributed by atoms with E-state index in [-0.39, 0.29) is 87.9 Å². The van der Waals surface area contributed by atoms with Gasteiger partial charge in [0.2, 0.25) is 10.4 Å². The van der Waals surface area contributed by atoms with Crippen LogP contribution in [0, 0.1) is 40.4 Å². The van der Waals surface area contributed by atoms with Gasteiger partial charge in [0.1, 0.15) is 18.3 Å². The van der Waals surface area contributed by atoms with E-state index < -0.39 is 88.6 Å². The maximum Gasteiger partial charge on any atom is 1.00 e. The van der Waals surface area contributed by atoms with Gasteiger partial charge in [-0.2, -0.15) is 0 Å². The van der Waals surface area contributed by atoms with Gasteiger partial charge in [0.25, 0.3) is 0 Å². The van der Waals surface area contributed by atoms with Crippen molar-refractivity contribution in [3.05, 3.63) is 12.2 Å². The van der Waals surface area contributed by atoms with Crippen LogP contribution >= 0.6 is 0 Å². The van der Waals surface area contributed by atoms with Crippen LogP contribution in [0.15, 0.2) is 12.2 Å². The number of aliphatic carboxylic acids is 1. The second-order valence-corrected chi connectivity index (χ2v) is 15.3. The summed E-state index contributed by atoms with van der Waals surface area (Å²) in [6, 6.07) is 0. The van der Waals surface area contributed by atoms with Gasteiger partial charge in [-0.15, -0.1) is 0 Å². The molecule has 5 aliphatic rings. The Bertz CT molecular complexity index is 1240. The van der Waals surface area contributed by atoms with E-state index in [1.807, 2.05) is 0 Å². The predicted molar refractivity (Wildman–Crippen MR) is 150 cm³/mol. The molecule has 1 aliphatic heterocycles. The van der Waals surface area contributed by atoms with Crippen molar-refractivity contribution < 1.29 is 113 Å². The molecule has 4 saturated carbocycles. The van der Waals surface area contributed by atoms with Crippen LogP contribution in [-0.2, 0) is 38.4 Å². The SMILES string of the molecule is C=C1[C@@H]2CC[C@H]3[C@]4(C)C[C@H](O[C@@H]5O[C@H](CO)[C@@H](O)[C@H](OS(=O)(=O)[O-])[C@H]5OC(=O)CC(C)C)C[C@@H](C(=O)O)[C@H]4CC[C@]3(C2)[C@H]1O.[K+]. The van der Waals surface area contributed by atoms with Gasteiger partial charge in [0.15, 0.2) is 12.4 Å². The van der Waals surface area contributed by atoms with Crippen LogP contribution in [-0.4, -0.2) is 94.9 Å². The van der Waals surface area contributed by atoms with E-state index in [0.29, 0.717) is 19.3 Å². The fourth-order valence-corrected chi connectivity index (χ4v) is 10.1. The van der Waals surface area contributed by atoms with Crippen molar-refractivity contribution in [2.75, 3.05) is 6.61 Å². The Hall–Kier alpha value is -0.0136.